The third-order valence-electron chi connectivity index (χ3n) is 6.68. The first-order chi connectivity index (χ1) is 18.9. The van der Waals surface area contributed by atoms with Crippen LogP contribution in [0, 0.1) is 11.8 Å². The van der Waals surface area contributed by atoms with E-state index in [-0.39, 0.29) is 53.8 Å². The molecule has 0 radical (unpaired) electrons. The van der Waals surface area contributed by atoms with E-state index in [2.05, 4.69) is 10.6 Å². The normalized spacial score (nSPS) is 15.1. The van der Waals surface area contributed by atoms with Crippen LogP contribution in [0.2, 0.25) is 0 Å². The van der Waals surface area contributed by atoms with Gasteiger partial charge in [0.25, 0.3) is 11.8 Å². The highest BCUT2D eigenvalue weighted by atomic mass is 32.2. The number of carbonyl (C=O) groups is 7. The van der Waals surface area contributed by atoms with Crippen LogP contribution in [-0.2, 0) is 33.6 Å². The number of amides is 4. The lowest BCUT2D eigenvalue weighted by molar-refractivity contribution is -0.137. The molecular weight excluding hydrogens is 534 g/mol. The maximum Gasteiger partial charge on any atom is 0.253 e. The molecule has 0 unspecified atom stereocenters. The summed E-state index contributed by atoms with van der Waals surface area (Å²) in [6, 6.07) is -0.768. The number of thioether (sulfide) groups is 1. The van der Waals surface area contributed by atoms with E-state index < -0.39 is 17.9 Å². The summed E-state index contributed by atoms with van der Waals surface area (Å²) in [4.78, 5) is 84.8. The molecule has 1 rings (SSSR count). The number of hydrogen-bond acceptors (Lipinski definition) is 8. The van der Waals surface area contributed by atoms with E-state index in [9.17, 15) is 33.6 Å². The topological polar surface area (TPSA) is 147 Å². The van der Waals surface area contributed by atoms with Crippen LogP contribution in [-0.4, -0.2) is 70.1 Å². The van der Waals surface area contributed by atoms with Gasteiger partial charge >= 0.3 is 0 Å². The van der Waals surface area contributed by atoms with Gasteiger partial charge in [-0.25, -0.2) is 0 Å². The van der Waals surface area contributed by atoms with Gasteiger partial charge in [0, 0.05) is 56.2 Å². The van der Waals surface area contributed by atoms with Gasteiger partial charge in [-0.05, 0) is 45.3 Å². The minimum absolute atomic E-state index is 0.000982. The van der Waals surface area contributed by atoms with Gasteiger partial charge in [-0.15, -0.1) is 11.8 Å². The number of unbranched alkanes of at least 4 members (excludes halogenated alkanes) is 4. The van der Waals surface area contributed by atoms with Crippen LogP contribution in [0.25, 0.3) is 0 Å². The highest BCUT2D eigenvalue weighted by molar-refractivity contribution is 7.99. The van der Waals surface area contributed by atoms with E-state index in [1.165, 1.54) is 17.1 Å². The zero-order valence-corrected chi connectivity index (χ0v) is 25.1. The molecule has 4 amide bonds. The van der Waals surface area contributed by atoms with Crippen molar-refractivity contribution in [2.24, 2.45) is 11.8 Å². The average Bonchev–Trinajstić information content (AvgIpc) is 3.21. The summed E-state index contributed by atoms with van der Waals surface area (Å²) in [6.45, 7) is 6.80. The fourth-order valence-electron chi connectivity index (χ4n) is 4.09. The predicted octanol–water partition coefficient (Wildman–Crippen LogP) is 3.12. The van der Waals surface area contributed by atoms with Crippen LogP contribution in [0.5, 0.6) is 0 Å². The highest BCUT2D eigenvalue weighted by Crippen LogP contribution is 2.13. The van der Waals surface area contributed by atoms with Crippen molar-refractivity contribution >= 4 is 52.7 Å². The number of nitrogens with zero attached hydrogens (tertiary/aromatic N) is 1. The number of nitrogens with one attached hydrogen (secondary N) is 2. The van der Waals surface area contributed by atoms with Gasteiger partial charge in [0.05, 0.1) is 11.9 Å². The van der Waals surface area contributed by atoms with Crippen LogP contribution in [0.1, 0.15) is 91.9 Å². The summed E-state index contributed by atoms with van der Waals surface area (Å²) in [7, 11) is 0. The summed E-state index contributed by atoms with van der Waals surface area (Å²) in [5.41, 5.74) is 0. The van der Waals surface area contributed by atoms with Crippen molar-refractivity contribution in [1.82, 2.24) is 15.5 Å². The van der Waals surface area contributed by atoms with Crippen molar-refractivity contribution in [3.05, 3.63) is 12.2 Å². The Balaban J connectivity index is 2.19. The Morgan fingerprint density at radius 3 is 2.05 bits per heavy atom. The Hall–Kier alpha value is -2.82. The number of hydrogen-bond donors (Lipinski definition) is 2. The van der Waals surface area contributed by atoms with Gasteiger partial charge in [0.1, 0.15) is 11.6 Å². The second-order valence-corrected chi connectivity index (χ2v) is 11.6. The molecule has 0 spiro atoms. The van der Waals surface area contributed by atoms with Crippen LogP contribution in [0.15, 0.2) is 12.2 Å². The number of Topliss-reactive ketones (excluding diaryl/α,β-unsaturated/α-hetero) is 3. The Morgan fingerprint density at radius 1 is 0.800 bits per heavy atom. The first kappa shape index (κ1) is 35.2. The molecule has 11 heteroatoms. The summed E-state index contributed by atoms with van der Waals surface area (Å²) < 4.78 is 0. The van der Waals surface area contributed by atoms with E-state index in [0.29, 0.717) is 44.5 Å². The van der Waals surface area contributed by atoms with E-state index in [1.807, 2.05) is 0 Å². The monoisotopic (exact) mass is 579 g/mol. The molecule has 40 heavy (non-hydrogen) atoms. The molecule has 1 aliphatic heterocycles. The lowest BCUT2D eigenvalue weighted by Gasteiger charge is -2.18. The summed E-state index contributed by atoms with van der Waals surface area (Å²) >= 11 is 1.60. The molecule has 0 fully saturated rings. The maximum absolute atomic E-state index is 12.6. The van der Waals surface area contributed by atoms with Crippen molar-refractivity contribution < 1.29 is 33.6 Å². The minimum Gasteiger partial charge on any atom is -0.347 e. The van der Waals surface area contributed by atoms with Crippen LogP contribution >= 0.6 is 11.8 Å². The fraction of sp³-hybridized carbons (Fsp3) is 0.690. The molecule has 1 heterocycles. The number of rotatable bonds is 22. The molecule has 0 saturated carbocycles. The highest BCUT2D eigenvalue weighted by Gasteiger charge is 2.25. The van der Waals surface area contributed by atoms with Gasteiger partial charge < -0.3 is 15.4 Å². The molecule has 0 aliphatic carbocycles. The van der Waals surface area contributed by atoms with E-state index >= 15 is 0 Å². The van der Waals surface area contributed by atoms with Crippen LogP contribution in [0.4, 0.5) is 0 Å². The number of imide groups is 1. The standard InChI is InChI=1S/C29H45N3O7S/c1-20(17-24(34)12-8-5-9-15-32-26(36)13-14-27(32)37)29(39)31-23(4)25(35)18-21(2)28(38)30-19-40-16-10-6-7-11-22(3)33/h13-14,20-21,23H,5-12,15-19H2,1-4H3,(H,30,38)(H,31,39)/t20-,21-,23-/m1/s1. The zero-order chi connectivity index (χ0) is 30.1. The van der Waals surface area contributed by atoms with Gasteiger partial charge in [0.2, 0.25) is 11.8 Å². The molecule has 0 aromatic rings. The average molecular weight is 580 g/mol. The van der Waals surface area contributed by atoms with E-state index in [0.717, 1.165) is 25.0 Å². The number of carbonyl (C=O) groups excluding carboxylic acids is 7. The van der Waals surface area contributed by atoms with Gasteiger partial charge in [-0.2, -0.15) is 0 Å². The van der Waals surface area contributed by atoms with Crippen molar-refractivity contribution in [2.45, 2.75) is 97.9 Å². The minimum atomic E-state index is -0.768. The third-order valence-corrected chi connectivity index (χ3v) is 7.61. The van der Waals surface area contributed by atoms with Gasteiger partial charge in [0.15, 0.2) is 5.78 Å². The number of ketones is 3. The quantitative estimate of drug-likeness (QED) is 0.113. The van der Waals surface area contributed by atoms with Crippen molar-refractivity contribution in [1.29, 1.82) is 0 Å². The lowest BCUT2D eigenvalue weighted by Crippen LogP contribution is -2.43. The maximum atomic E-state index is 12.6. The zero-order valence-electron chi connectivity index (χ0n) is 24.3. The van der Waals surface area contributed by atoms with E-state index in [4.69, 9.17) is 0 Å². The molecule has 1 aliphatic rings. The van der Waals surface area contributed by atoms with Crippen LogP contribution in [0.3, 0.4) is 0 Å². The Labute approximate surface area is 241 Å². The first-order valence-electron chi connectivity index (χ1n) is 14.2. The van der Waals surface area contributed by atoms with Gasteiger partial charge in [-0.3, -0.25) is 33.7 Å². The second-order valence-electron chi connectivity index (χ2n) is 10.5. The van der Waals surface area contributed by atoms with E-state index in [1.54, 1.807) is 39.5 Å². The predicted molar refractivity (Wildman–Crippen MR) is 154 cm³/mol. The summed E-state index contributed by atoms with van der Waals surface area (Å²) in [5.74, 6) is -1.12. The second kappa shape index (κ2) is 19.3. The smallest absolute Gasteiger partial charge is 0.253 e. The Bertz CT molecular complexity index is 932. The SMILES string of the molecule is CC(=O)CCCCCSCNC(=O)[C@H](C)CC(=O)[C@@H](C)NC(=O)[C@H](C)CC(=O)CCCCCN1C(=O)C=CC1=O. The van der Waals surface area contributed by atoms with Crippen molar-refractivity contribution in [3.63, 3.8) is 0 Å². The molecule has 2 N–H and O–H groups in total. The first-order valence-corrected chi connectivity index (χ1v) is 15.3. The molecule has 0 bridgehead atoms. The molecule has 0 aromatic heterocycles. The molecule has 224 valence electrons. The van der Waals surface area contributed by atoms with Crippen molar-refractivity contribution in [3.8, 4) is 0 Å². The van der Waals surface area contributed by atoms with Crippen LogP contribution < -0.4 is 10.6 Å². The lowest BCUT2D eigenvalue weighted by atomic mass is 9.98. The van der Waals surface area contributed by atoms with Crippen molar-refractivity contribution in [2.75, 3.05) is 18.2 Å². The third kappa shape index (κ3) is 14.5. The largest absolute Gasteiger partial charge is 0.347 e. The fourth-order valence-corrected chi connectivity index (χ4v) is 4.88. The molecular formula is C29H45N3O7S. The molecule has 3 atom stereocenters. The van der Waals surface area contributed by atoms with Gasteiger partial charge in [-0.1, -0.05) is 26.7 Å². The molecule has 0 aromatic carbocycles. The summed E-state index contributed by atoms with van der Waals surface area (Å²) in [6.07, 6.45) is 8.21. The Kier molecular flexibility index (Phi) is 17.0. The molecule has 0 saturated heterocycles. The molecule has 10 nitrogen and oxygen atoms in total. The summed E-state index contributed by atoms with van der Waals surface area (Å²) in [5, 5.41) is 5.47. The Morgan fingerprint density at radius 2 is 1.40 bits per heavy atom.